The highest BCUT2D eigenvalue weighted by atomic mass is 127. The van der Waals surface area contributed by atoms with E-state index in [1.807, 2.05) is 30.3 Å². The smallest absolute Gasteiger partial charge is 0.0964 e. The molecule has 0 aliphatic heterocycles. The summed E-state index contributed by atoms with van der Waals surface area (Å²) >= 11 is 2.16. The van der Waals surface area contributed by atoms with Gasteiger partial charge in [0.1, 0.15) is 0 Å². The van der Waals surface area contributed by atoms with E-state index < -0.39 is 0 Å². The summed E-state index contributed by atoms with van der Waals surface area (Å²) in [6, 6.07) is 9.63. The topological polar surface area (TPSA) is 32.6 Å². The van der Waals surface area contributed by atoms with Crippen LogP contribution in [0.15, 0.2) is 35.5 Å². The lowest BCUT2D eigenvalue weighted by molar-refractivity contribution is 0.319. The van der Waals surface area contributed by atoms with Gasteiger partial charge >= 0.3 is 0 Å². The number of hydrogen-bond acceptors (Lipinski definition) is 2. The molecule has 0 amide bonds. The molecule has 0 saturated carbocycles. The highest BCUT2D eigenvalue weighted by Crippen LogP contribution is 2.02. The van der Waals surface area contributed by atoms with E-state index in [-0.39, 0.29) is 0 Å². The lowest BCUT2D eigenvalue weighted by Crippen LogP contribution is -2.00. The van der Waals surface area contributed by atoms with Gasteiger partial charge in [-0.2, -0.15) is 0 Å². The van der Waals surface area contributed by atoms with Crippen molar-refractivity contribution in [2.24, 2.45) is 5.16 Å². The largest absolute Gasteiger partial charge is 0.411 e. The van der Waals surface area contributed by atoms with Crippen molar-refractivity contribution in [3.63, 3.8) is 0 Å². The van der Waals surface area contributed by atoms with E-state index in [0.29, 0.717) is 5.71 Å². The standard InChI is InChI=1S/C8H8INO/c9-6-8(10-11)7-4-2-1-3-5-7/h1-5,11H,6H2/b10-8-. The molecular weight excluding hydrogens is 253 g/mol. The fourth-order valence-electron chi connectivity index (χ4n) is 0.792. The molecule has 1 aromatic carbocycles. The van der Waals surface area contributed by atoms with E-state index >= 15 is 0 Å². The minimum Gasteiger partial charge on any atom is -0.411 e. The predicted octanol–water partition coefficient (Wildman–Crippen LogP) is 2.30. The predicted molar refractivity (Wildman–Crippen MR) is 53.7 cm³/mol. The number of halogens is 1. The van der Waals surface area contributed by atoms with Gasteiger partial charge in [-0.25, -0.2) is 0 Å². The summed E-state index contributed by atoms with van der Waals surface area (Å²) in [5.41, 5.74) is 1.69. The lowest BCUT2D eigenvalue weighted by atomic mass is 10.1. The molecule has 0 bridgehead atoms. The third kappa shape index (κ3) is 2.18. The second-order valence-electron chi connectivity index (χ2n) is 2.05. The van der Waals surface area contributed by atoms with Crippen molar-refractivity contribution < 1.29 is 5.21 Å². The van der Waals surface area contributed by atoms with E-state index in [4.69, 9.17) is 5.21 Å². The van der Waals surface area contributed by atoms with Crippen molar-refractivity contribution in [3.05, 3.63) is 35.9 Å². The van der Waals surface area contributed by atoms with Crippen LogP contribution in [0, 0.1) is 0 Å². The minimum absolute atomic E-state index is 0.714. The molecule has 0 aliphatic carbocycles. The molecule has 1 N–H and O–H groups in total. The van der Waals surface area contributed by atoms with Gasteiger partial charge in [-0.15, -0.1) is 0 Å². The monoisotopic (exact) mass is 261 g/mol. The second-order valence-corrected chi connectivity index (χ2v) is 2.81. The van der Waals surface area contributed by atoms with Gasteiger partial charge in [-0.3, -0.25) is 0 Å². The van der Waals surface area contributed by atoms with Crippen LogP contribution in [0.1, 0.15) is 5.56 Å². The highest BCUT2D eigenvalue weighted by Gasteiger charge is 1.99. The number of hydrogen-bond donors (Lipinski definition) is 1. The first kappa shape index (κ1) is 8.52. The van der Waals surface area contributed by atoms with Gasteiger partial charge in [0.25, 0.3) is 0 Å². The maximum absolute atomic E-state index is 8.56. The first-order chi connectivity index (χ1) is 5.38. The van der Waals surface area contributed by atoms with Gasteiger partial charge in [0.15, 0.2) is 0 Å². The van der Waals surface area contributed by atoms with Crippen molar-refractivity contribution in [2.45, 2.75) is 0 Å². The van der Waals surface area contributed by atoms with Gasteiger partial charge in [0, 0.05) is 9.99 Å². The van der Waals surface area contributed by atoms with E-state index in [0.717, 1.165) is 9.99 Å². The highest BCUT2D eigenvalue weighted by molar-refractivity contribution is 14.1. The van der Waals surface area contributed by atoms with Crippen LogP contribution in [0.3, 0.4) is 0 Å². The molecule has 1 rings (SSSR count). The summed E-state index contributed by atoms with van der Waals surface area (Å²) in [5, 5.41) is 11.7. The molecule has 2 nitrogen and oxygen atoms in total. The molecule has 0 fully saturated rings. The molecule has 0 heterocycles. The third-order valence-corrected chi connectivity index (χ3v) is 2.08. The molecule has 58 valence electrons. The van der Waals surface area contributed by atoms with Crippen molar-refractivity contribution in [1.82, 2.24) is 0 Å². The van der Waals surface area contributed by atoms with E-state index in [2.05, 4.69) is 27.7 Å². The zero-order valence-corrected chi connectivity index (χ0v) is 8.02. The molecule has 0 aliphatic rings. The average Bonchev–Trinajstić information content (AvgIpc) is 2.09. The molecule has 3 heteroatoms. The van der Waals surface area contributed by atoms with Crippen LogP contribution in [0.4, 0.5) is 0 Å². The Morgan fingerprint density at radius 2 is 2.00 bits per heavy atom. The minimum atomic E-state index is 0.714. The first-order valence-electron chi connectivity index (χ1n) is 3.21. The van der Waals surface area contributed by atoms with Crippen molar-refractivity contribution in [3.8, 4) is 0 Å². The molecule has 0 radical (unpaired) electrons. The molecule has 11 heavy (non-hydrogen) atoms. The Morgan fingerprint density at radius 1 is 1.36 bits per heavy atom. The fourth-order valence-corrected chi connectivity index (χ4v) is 1.39. The van der Waals surface area contributed by atoms with E-state index in [1.165, 1.54) is 0 Å². The number of alkyl halides is 1. The summed E-state index contributed by atoms with van der Waals surface area (Å²) in [7, 11) is 0. The molecular formula is C8H8INO. The molecule has 0 spiro atoms. The Labute approximate surface area is 79.1 Å². The Bertz CT molecular complexity index is 246. The van der Waals surface area contributed by atoms with Crippen molar-refractivity contribution in [1.29, 1.82) is 0 Å². The van der Waals surface area contributed by atoms with Gasteiger partial charge in [0.05, 0.1) is 5.71 Å². The van der Waals surface area contributed by atoms with Crippen molar-refractivity contribution >= 4 is 28.3 Å². The van der Waals surface area contributed by atoms with Gasteiger partial charge in [-0.05, 0) is 0 Å². The summed E-state index contributed by atoms with van der Waals surface area (Å²) < 4.78 is 0.721. The molecule has 0 saturated heterocycles. The lowest BCUT2D eigenvalue weighted by Gasteiger charge is -1.97. The number of oxime groups is 1. The van der Waals surface area contributed by atoms with E-state index in [1.54, 1.807) is 0 Å². The normalized spacial score (nSPS) is 11.5. The van der Waals surface area contributed by atoms with Crippen LogP contribution in [0.5, 0.6) is 0 Å². The maximum atomic E-state index is 8.56. The Balaban J connectivity index is 2.92. The Morgan fingerprint density at radius 3 is 2.45 bits per heavy atom. The Kier molecular flexibility index (Phi) is 3.35. The van der Waals surface area contributed by atoms with Crippen LogP contribution in [-0.2, 0) is 0 Å². The third-order valence-electron chi connectivity index (χ3n) is 1.35. The maximum Gasteiger partial charge on any atom is 0.0964 e. The average molecular weight is 261 g/mol. The van der Waals surface area contributed by atoms with Crippen LogP contribution in [-0.4, -0.2) is 15.3 Å². The summed E-state index contributed by atoms with van der Waals surface area (Å²) in [6.07, 6.45) is 0. The zero-order valence-electron chi connectivity index (χ0n) is 5.87. The molecule has 0 aromatic heterocycles. The second kappa shape index (κ2) is 4.33. The van der Waals surface area contributed by atoms with Gasteiger partial charge < -0.3 is 5.21 Å². The molecule has 0 unspecified atom stereocenters. The van der Waals surface area contributed by atoms with Crippen LogP contribution < -0.4 is 0 Å². The van der Waals surface area contributed by atoms with Gasteiger partial charge in [0.2, 0.25) is 0 Å². The van der Waals surface area contributed by atoms with Crippen LogP contribution in [0.25, 0.3) is 0 Å². The first-order valence-corrected chi connectivity index (χ1v) is 4.73. The van der Waals surface area contributed by atoms with E-state index in [9.17, 15) is 0 Å². The SMILES string of the molecule is O/N=C(/CI)c1ccccc1. The van der Waals surface area contributed by atoms with Crippen LogP contribution in [0.2, 0.25) is 0 Å². The quantitative estimate of drug-likeness (QED) is 0.286. The summed E-state index contributed by atoms with van der Waals surface area (Å²) in [5.74, 6) is 0. The number of nitrogens with zero attached hydrogens (tertiary/aromatic N) is 1. The molecule has 0 atom stereocenters. The Hall–Kier alpha value is -0.580. The fraction of sp³-hybridized carbons (Fsp3) is 0.125. The number of benzene rings is 1. The number of rotatable bonds is 2. The molecule has 1 aromatic rings. The zero-order chi connectivity index (χ0) is 8.10. The van der Waals surface area contributed by atoms with Gasteiger partial charge in [-0.1, -0.05) is 58.1 Å². The van der Waals surface area contributed by atoms with Crippen molar-refractivity contribution in [2.75, 3.05) is 4.43 Å². The van der Waals surface area contributed by atoms with Crippen LogP contribution >= 0.6 is 22.6 Å². The summed E-state index contributed by atoms with van der Waals surface area (Å²) in [6.45, 7) is 0. The summed E-state index contributed by atoms with van der Waals surface area (Å²) in [4.78, 5) is 0.